The van der Waals surface area contributed by atoms with Crippen molar-refractivity contribution in [2.45, 2.75) is 32.7 Å². The second-order valence-corrected chi connectivity index (χ2v) is 11.8. The molecule has 0 atom stereocenters. The number of hydrogen-bond acceptors (Lipinski definition) is 6. The SMILES string of the molecule is C=CC(=O)N1CC2(CC(n3nc(-c4ccc(C=O)c(F)c4)c(-c4c(Cl)c(C)cc5[nH]ncc45)c3C)C2)C1.CNCCOC. The first-order chi connectivity index (χ1) is 20.7. The van der Waals surface area contributed by atoms with Crippen LogP contribution in [0.1, 0.15) is 40.5 Å². The molecule has 1 amide bonds. The van der Waals surface area contributed by atoms with Crippen LogP contribution in [0.3, 0.4) is 0 Å². The van der Waals surface area contributed by atoms with Crippen LogP contribution in [0.25, 0.3) is 33.3 Å². The Balaban J connectivity index is 0.000000559. The molecule has 2 aliphatic rings. The summed E-state index contributed by atoms with van der Waals surface area (Å²) < 4.78 is 21.4. The van der Waals surface area contributed by atoms with E-state index in [1.807, 2.05) is 36.5 Å². The standard InChI is InChI=1S/C28H25ClFN5O2.C4H11NO/c1-4-23(37)34-13-28(14-34)9-19(10-28)35-16(3)24(25-20-11-31-32-22(20)7-15(2)26(25)29)27(33-35)17-5-6-18(12-36)21(30)8-17;1-5-3-4-6-2/h4-8,11-12,19H,1,9-10,13-14H2,2-3H3,(H,31,32);5H,3-4H2,1-2H3. The summed E-state index contributed by atoms with van der Waals surface area (Å²) >= 11 is 6.90. The smallest absolute Gasteiger partial charge is 0.245 e. The third kappa shape index (κ3) is 5.62. The van der Waals surface area contributed by atoms with Gasteiger partial charge in [-0.3, -0.25) is 19.4 Å². The molecule has 4 aromatic rings. The number of aromatic amines is 1. The summed E-state index contributed by atoms with van der Waals surface area (Å²) in [4.78, 5) is 25.0. The number of benzene rings is 2. The van der Waals surface area contributed by atoms with Crippen molar-refractivity contribution >= 4 is 34.7 Å². The molecule has 0 radical (unpaired) electrons. The van der Waals surface area contributed by atoms with Crippen LogP contribution in [0.2, 0.25) is 5.02 Å². The highest BCUT2D eigenvalue weighted by Crippen LogP contribution is 2.55. The zero-order chi connectivity index (χ0) is 30.9. The number of aldehydes is 1. The van der Waals surface area contributed by atoms with E-state index in [2.05, 4.69) is 22.1 Å². The van der Waals surface area contributed by atoms with Gasteiger partial charge in [-0.25, -0.2) is 4.39 Å². The predicted octanol–water partition coefficient (Wildman–Crippen LogP) is 5.52. The van der Waals surface area contributed by atoms with E-state index in [0.717, 1.165) is 72.4 Å². The zero-order valence-corrected chi connectivity index (χ0v) is 25.6. The van der Waals surface area contributed by atoms with Gasteiger partial charge in [-0.05, 0) is 63.6 Å². The fraction of sp³-hybridized carbons (Fsp3) is 0.375. The van der Waals surface area contributed by atoms with E-state index in [9.17, 15) is 14.0 Å². The molecule has 11 heteroatoms. The third-order valence-corrected chi connectivity index (χ3v) is 8.93. The number of likely N-dealkylation sites (tertiary alicyclic amines) is 1. The lowest BCUT2D eigenvalue weighted by Crippen LogP contribution is -2.63. The molecule has 1 saturated carbocycles. The van der Waals surface area contributed by atoms with Gasteiger partial charge in [0.2, 0.25) is 5.91 Å². The highest BCUT2D eigenvalue weighted by atomic mass is 35.5. The molecule has 3 heterocycles. The quantitative estimate of drug-likeness (QED) is 0.156. The summed E-state index contributed by atoms with van der Waals surface area (Å²) in [6.45, 7) is 10.7. The minimum atomic E-state index is -0.599. The number of amides is 1. The number of ether oxygens (including phenoxy) is 1. The lowest BCUT2D eigenvalue weighted by Gasteiger charge is -2.58. The Morgan fingerprint density at radius 2 is 2.02 bits per heavy atom. The van der Waals surface area contributed by atoms with Crippen LogP contribution in [0, 0.1) is 25.1 Å². The molecule has 0 unspecified atom stereocenters. The number of rotatable bonds is 8. The molecule has 43 heavy (non-hydrogen) atoms. The number of nitrogens with zero attached hydrogens (tertiary/aromatic N) is 4. The van der Waals surface area contributed by atoms with E-state index < -0.39 is 5.82 Å². The van der Waals surface area contributed by atoms with Crippen LogP contribution in [-0.2, 0) is 9.53 Å². The van der Waals surface area contributed by atoms with Gasteiger partial charge in [0.1, 0.15) is 11.5 Å². The van der Waals surface area contributed by atoms with Crippen molar-refractivity contribution in [1.82, 2.24) is 30.2 Å². The number of nitrogens with one attached hydrogen (secondary N) is 2. The molecule has 2 aromatic carbocycles. The Labute approximate surface area is 255 Å². The number of H-pyrrole nitrogens is 1. The van der Waals surface area contributed by atoms with Crippen molar-refractivity contribution in [3.63, 3.8) is 0 Å². The van der Waals surface area contributed by atoms with E-state index in [-0.39, 0.29) is 22.9 Å². The number of fused-ring (bicyclic) bond motifs is 1. The van der Waals surface area contributed by atoms with Crippen LogP contribution in [0.4, 0.5) is 4.39 Å². The molecular formula is C32H36ClFN6O3. The molecule has 2 N–H and O–H groups in total. The average molecular weight is 607 g/mol. The predicted molar refractivity (Wildman–Crippen MR) is 166 cm³/mol. The van der Waals surface area contributed by atoms with E-state index >= 15 is 0 Å². The van der Waals surface area contributed by atoms with Crippen LogP contribution >= 0.6 is 11.6 Å². The fourth-order valence-corrected chi connectivity index (χ4v) is 6.46. The zero-order valence-electron chi connectivity index (χ0n) is 24.8. The maximum absolute atomic E-state index is 14.7. The highest BCUT2D eigenvalue weighted by molar-refractivity contribution is 6.36. The number of methoxy groups -OCH3 is 1. The summed E-state index contributed by atoms with van der Waals surface area (Å²) in [5.74, 6) is -0.633. The number of carbonyl (C=O) groups excluding carboxylic acids is 2. The van der Waals surface area contributed by atoms with Crippen LogP contribution in [0.15, 0.2) is 43.1 Å². The molecule has 9 nitrogen and oxygen atoms in total. The monoisotopic (exact) mass is 606 g/mol. The van der Waals surface area contributed by atoms with E-state index in [1.165, 1.54) is 18.2 Å². The molecule has 1 aliphatic heterocycles. The van der Waals surface area contributed by atoms with E-state index in [1.54, 1.807) is 19.4 Å². The first-order valence-electron chi connectivity index (χ1n) is 14.2. The Hall–Kier alpha value is -3.86. The summed E-state index contributed by atoms with van der Waals surface area (Å²) in [6.07, 6.45) is 5.40. The minimum Gasteiger partial charge on any atom is -0.383 e. The van der Waals surface area contributed by atoms with Gasteiger partial charge in [-0.1, -0.05) is 24.2 Å². The Kier molecular flexibility index (Phi) is 8.82. The first kappa shape index (κ1) is 30.6. The molecule has 1 aliphatic carbocycles. The van der Waals surface area contributed by atoms with Crippen LogP contribution < -0.4 is 5.32 Å². The molecule has 0 bridgehead atoms. The molecule has 2 fully saturated rings. The Morgan fingerprint density at radius 1 is 1.28 bits per heavy atom. The number of carbonyl (C=O) groups is 2. The maximum atomic E-state index is 14.7. The van der Waals surface area contributed by atoms with Crippen molar-refractivity contribution in [2.75, 3.05) is 40.4 Å². The largest absolute Gasteiger partial charge is 0.383 e. The Bertz CT molecular complexity index is 1680. The van der Waals surface area contributed by atoms with Gasteiger partial charge in [0.15, 0.2) is 6.29 Å². The molecule has 2 aromatic heterocycles. The Morgan fingerprint density at radius 3 is 2.63 bits per heavy atom. The lowest BCUT2D eigenvalue weighted by atomic mass is 9.60. The van der Waals surface area contributed by atoms with Crippen molar-refractivity contribution in [1.29, 1.82) is 0 Å². The van der Waals surface area contributed by atoms with Gasteiger partial charge in [0.25, 0.3) is 0 Å². The second-order valence-electron chi connectivity index (χ2n) is 11.4. The van der Waals surface area contributed by atoms with Gasteiger partial charge >= 0.3 is 0 Å². The third-order valence-electron chi connectivity index (χ3n) is 8.44. The minimum absolute atomic E-state index is 0.00295. The summed E-state index contributed by atoms with van der Waals surface area (Å²) in [6, 6.07) is 6.64. The van der Waals surface area contributed by atoms with Gasteiger partial charge in [0, 0.05) is 59.9 Å². The summed E-state index contributed by atoms with van der Waals surface area (Å²) in [7, 11) is 3.59. The lowest BCUT2D eigenvalue weighted by molar-refractivity contribution is -0.149. The van der Waals surface area contributed by atoms with Gasteiger partial charge in [-0.15, -0.1) is 0 Å². The normalized spacial score (nSPS) is 15.5. The topological polar surface area (TPSA) is 105 Å². The van der Waals surface area contributed by atoms with Gasteiger partial charge in [0.05, 0.1) is 34.9 Å². The van der Waals surface area contributed by atoms with E-state index in [4.69, 9.17) is 21.4 Å². The second kappa shape index (κ2) is 12.4. The van der Waals surface area contributed by atoms with Crippen molar-refractivity contribution in [2.24, 2.45) is 5.41 Å². The fourth-order valence-electron chi connectivity index (χ4n) is 6.21. The first-order valence-corrected chi connectivity index (χ1v) is 14.6. The average Bonchev–Trinajstić information content (AvgIpc) is 3.55. The number of halogens is 2. The van der Waals surface area contributed by atoms with Crippen molar-refractivity contribution < 1.29 is 18.7 Å². The summed E-state index contributed by atoms with van der Waals surface area (Å²) in [5.41, 5.74) is 5.54. The van der Waals surface area contributed by atoms with E-state index in [0.29, 0.717) is 22.6 Å². The molecule has 226 valence electrons. The van der Waals surface area contributed by atoms with Gasteiger partial charge < -0.3 is 15.0 Å². The number of aryl methyl sites for hydroxylation is 1. The van der Waals surface area contributed by atoms with Crippen molar-refractivity contribution in [3.05, 3.63) is 70.8 Å². The molecule has 1 saturated heterocycles. The van der Waals surface area contributed by atoms with Crippen molar-refractivity contribution in [3.8, 4) is 22.4 Å². The van der Waals surface area contributed by atoms with Gasteiger partial charge in [-0.2, -0.15) is 10.2 Å². The van der Waals surface area contributed by atoms with Crippen LogP contribution in [0.5, 0.6) is 0 Å². The van der Waals surface area contributed by atoms with Crippen LogP contribution in [-0.4, -0.2) is 77.5 Å². The number of aromatic nitrogens is 4. The molecular weight excluding hydrogens is 571 g/mol. The maximum Gasteiger partial charge on any atom is 0.245 e. The molecule has 1 spiro atoms. The number of hydrogen-bond donors (Lipinski definition) is 2. The number of likely N-dealkylation sites (N-methyl/N-ethyl adjacent to an activating group) is 1. The highest BCUT2D eigenvalue weighted by Gasteiger charge is 2.54. The molecule has 6 rings (SSSR count). The summed E-state index contributed by atoms with van der Waals surface area (Å²) in [5, 5.41) is 16.6.